The van der Waals surface area contributed by atoms with Crippen molar-refractivity contribution in [3.8, 4) is 0 Å². The number of aryl methyl sites for hydroxylation is 1. The number of hydrogen-bond acceptors (Lipinski definition) is 3. The van der Waals surface area contributed by atoms with Gasteiger partial charge >= 0.3 is 0 Å². The molecule has 1 aromatic heterocycles. The predicted octanol–water partition coefficient (Wildman–Crippen LogP) is 2.36. The third-order valence-electron chi connectivity index (χ3n) is 2.81. The Morgan fingerprint density at radius 3 is 2.68 bits per heavy atom. The zero-order chi connectivity index (χ0) is 13.7. The topological polar surface area (TPSA) is 54.0 Å². The minimum Gasteiger partial charge on any atom is -0.322 e. The molecule has 0 aliphatic heterocycles. The van der Waals surface area contributed by atoms with Crippen molar-refractivity contribution in [2.45, 2.75) is 13.5 Å². The number of hydrogen-bond donors (Lipinski definition) is 2. The van der Waals surface area contributed by atoms with E-state index < -0.39 is 0 Å². The number of carbonyl (C=O) groups excluding carboxylic acids is 1. The van der Waals surface area contributed by atoms with Crippen molar-refractivity contribution in [1.29, 1.82) is 0 Å². The summed E-state index contributed by atoms with van der Waals surface area (Å²) in [5, 5.41) is 5.99. The molecule has 0 fully saturated rings. The zero-order valence-electron chi connectivity index (χ0n) is 11.1. The molecule has 0 aliphatic carbocycles. The first kappa shape index (κ1) is 13.2. The molecule has 2 aromatic rings. The molecule has 0 unspecified atom stereocenters. The summed E-state index contributed by atoms with van der Waals surface area (Å²) in [5.74, 6) is -0.143. The number of aromatic nitrogens is 1. The quantitative estimate of drug-likeness (QED) is 0.881. The Kier molecular flexibility index (Phi) is 4.26. The lowest BCUT2D eigenvalue weighted by Crippen LogP contribution is -2.15. The van der Waals surface area contributed by atoms with Gasteiger partial charge in [-0.2, -0.15) is 0 Å². The maximum absolute atomic E-state index is 12.1. The largest absolute Gasteiger partial charge is 0.322 e. The van der Waals surface area contributed by atoms with Crippen LogP contribution in [0.25, 0.3) is 0 Å². The Labute approximate surface area is 112 Å². The molecule has 1 amide bonds. The van der Waals surface area contributed by atoms with Gasteiger partial charge in [0.2, 0.25) is 0 Å². The fourth-order valence-corrected chi connectivity index (χ4v) is 1.78. The van der Waals surface area contributed by atoms with Crippen molar-refractivity contribution in [3.63, 3.8) is 0 Å². The van der Waals surface area contributed by atoms with E-state index in [0.717, 1.165) is 16.9 Å². The average Bonchev–Trinajstić information content (AvgIpc) is 2.42. The van der Waals surface area contributed by atoms with Crippen molar-refractivity contribution < 1.29 is 4.79 Å². The molecular weight excluding hydrogens is 238 g/mol. The number of pyridine rings is 1. The molecule has 0 saturated heterocycles. The average molecular weight is 255 g/mol. The number of nitrogens with one attached hydrogen (secondary N) is 2. The van der Waals surface area contributed by atoms with Gasteiger partial charge in [-0.3, -0.25) is 9.78 Å². The second-order valence-electron chi connectivity index (χ2n) is 4.33. The summed E-state index contributed by atoms with van der Waals surface area (Å²) in [5.41, 5.74) is 3.33. The first-order chi connectivity index (χ1) is 9.20. The smallest absolute Gasteiger partial charge is 0.257 e. The van der Waals surface area contributed by atoms with Crippen molar-refractivity contribution in [1.82, 2.24) is 10.3 Å². The van der Waals surface area contributed by atoms with Gasteiger partial charge in [-0.05, 0) is 37.7 Å². The van der Waals surface area contributed by atoms with Crippen LogP contribution in [0, 0.1) is 6.92 Å². The van der Waals surface area contributed by atoms with E-state index in [2.05, 4.69) is 15.6 Å². The third kappa shape index (κ3) is 3.39. The first-order valence-corrected chi connectivity index (χ1v) is 6.17. The van der Waals surface area contributed by atoms with Crippen LogP contribution < -0.4 is 10.6 Å². The second-order valence-corrected chi connectivity index (χ2v) is 4.33. The molecule has 0 radical (unpaired) electrons. The van der Waals surface area contributed by atoms with Gasteiger partial charge in [0.25, 0.3) is 5.91 Å². The molecule has 98 valence electrons. The molecule has 2 N–H and O–H groups in total. The lowest BCUT2D eigenvalue weighted by atomic mass is 10.1. The maximum atomic E-state index is 12.1. The molecule has 4 nitrogen and oxygen atoms in total. The Balaban J connectivity index is 2.16. The van der Waals surface area contributed by atoms with Crippen LogP contribution in [0.15, 0.2) is 42.6 Å². The van der Waals surface area contributed by atoms with Crippen molar-refractivity contribution >= 4 is 11.6 Å². The van der Waals surface area contributed by atoms with E-state index in [-0.39, 0.29) is 5.91 Å². The van der Waals surface area contributed by atoms with Gasteiger partial charge in [0.05, 0.1) is 5.56 Å². The van der Waals surface area contributed by atoms with Crippen molar-refractivity contribution in [3.05, 3.63) is 59.4 Å². The van der Waals surface area contributed by atoms with E-state index in [9.17, 15) is 4.79 Å². The Bertz CT molecular complexity index is 564. The van der Waals surface area contributed by atoms with Gasteiger partial charge in [-0.25, -0.2) is 0 Å². The van der Waals surface area contributed by atoms with E-state index in [0.29, 0.717) is 12.1 Å². The summed E-state index contributed by atoms with van der Waals surface area (Å²) < 4.78 is 0. The monoisotopic (exact) mass is 255 g/mol. The minimum atomic E-state index is -0.143. The zero-order valence-corrected chi connectivity index (χ0v) is 11.1. The molecule has 0 saturated carbocycles. The lowest BCUT2D eigenvalue weighted by Gasteiger charge is -2.10. The molecule has 19 heavy (non-hydrogen) atoms. The molecule has 2 rings (SSSR count). The standard InChI is InChI=1S/C15H17N3O/c1-11-7-8-13(10-17-11)15(19)18-14-6-4-3-5-12(14)9-16-2/h3-8,10,16H,9H2,1-2H3,(H,18,19). The maximum Gasteiger partial charge on any atom is 0.257 e. The number of benzene rings is 1. The predicted molar refractivity (Wildman–Crippen MR) is 76.1 cm³/mol. The molecule has 0 spiro atoms. The number of nitrogens with zero attached hydrogens (tertiary/aromatic N) is 1. The number of anilines is 1. The summed E-state index contributed by atoms with van der Waals surface area (Å²) in [7, 11) is 1.88. The molecule has 0 bridgehead atoms. The summed E-state index contributed by atoms with van der Waals surface area (Å²) in [6, 6.07) is 11.3. The van der Waals surface area contributed by atoms with E-state index >= 15 is 0 Å². The first-order valence-electron chi connectivity index (χ1n) is 6.17. The van der Waals surface area contributed by atoms with Crippen LogP contribution in [0.1, 0.15) is 21.6 Å². The highest BCUT2D eigenvalue weighted by atomic mass is 16.1. The van der Waals surface area contributed by atoms with Crippen molar-refractivity contribution in [2.24, 2.45) is 0 Å². The molecule has 1 heterocycles. The van der Waals surface area contributed by atoms with Gasteiger partial charge in [-0.15, -0.1) is 0 Å². The second kappa shape index (κ2) is 6.11. The van der Waals surface area contributed by atoms with Gasteiger partial charge < -0.3 is 10.6 Å². The molecule has 0 aliphatic rings. The number of amides is 1. The summed E-state index contributed by atoms with van der Waals surface area (Å²) in [4.78, 5) is 16.2. The van der Waals surface area contributed by atoms with Crippen LogP contribution in [-0.2, 0) is 6.54 Å². The van der Waals surface area contributed by atoms with Crippen LogP contribution in [0.2, 0.25) is 0 Å². The minimum absolute atomic E-state index is 0.143. The lowest BCUT2D eigenvalue weighted by molar-refractivity contribution is 0.102. The summed E-state index contributed by atoms with van der Waals surface area (Å²) in [6.07, 6.45) is 1.59. The fourth-order valence-electron chi connectivity index (χ4n) is 1.78. The van der Waals surface area contributed by atoms with E-state index in [1.54, 1.807) is 12.3 Å². The van der Waals surface area contributed by atoms with Gasteiger partial charge in [-0.1, -0.05) is 18.2 Å². The van der Waals surface area contributed by atoms with Gasteiger partial charge in [0.15, 0.2) is 0 Å². The summed E-state index contributed by atoms with van der Waals surface area (Å²) >= 11 is 0. The third-order valence-corrected chi connectivity index (χ3v) is 2.81. The Morgan fingerprint density at radius 1 is 1.21 bits per heavy atom. The summed E-state index contributed by atoms with van der Waals surface area (Å²) in [6.45, 7) is 2.60. The Morgan fingerprint density at radius 2 is 2.00 bits per heavy atom. The van der Waals surface area contributed by atoms with E-state index in [1.807, 2.05) is 44.3 Å². The normalized spacial score (nSPS) is 10.2. The number of carbonyl (C=O) groups is 1. The highest BCUT2D eigenvalue weighted by molar-refractivity contribution is 6.04. The molecule has 4 heteroatoms. The molecule has 1 aromatic carbocycles. The van der Waals surface area contributed by atoms with Gasteiger partial charge in [0, 0.05) is 24.1 Å². The van der Waals surface area contributed by atoms with Crippen LogP contribution >= 0.6 is 0 Å². The van der Waals surface area contributed by atoms with Crippen LogP contribution in [-0.4, -0.2) is 17.9 Å². The van der Waals surface area contributed by atoms with Crippen LogP contribution in [0.3, 0.4) is 0 Å². The van der Waals surface area contributed by atoms with Crippen LogP contribution in [0.4, 0.5) is 5.69 Å². The van der Waals surface area contributed by atoms with E-state index in [4.69, 9.17) is 0 Å². The fraction of sp³-hybridized carbons (Fsp3) is 0.200. The number of para-hydroxylation sites is 1. The highest BCUT2D eigenvalue weighted by Gasteiger charge is 2.08. The molecular formula is C15H17N3O. The van der Waals surface area contributed by atoms with E-state index in [1.165, 1.54) is 0 Å². The highest BCUT2D eigenvalue weighted by Crippen LogP contribution is 2.15. The molecule has 0 atom stereocenters. The van der Waals surface area contributed by atoms with Crippen LogP contribution in [0.5, 0.6) is 0 Å². The SMILES string of the molecule is CNCc1ccccc1NC(=O)c1ccc(C)nc1. The van der Waals surface area contributed by atoms with Gasteiger partial charge in [0.1, 0.15) is 0 Å². The van der Waals surface area contributed by atoms with Crippen molar-refractivity contribution in [2.75, 3.05) is 12.4 Å². The Hall–Kier alpha value is -2.20. The number of rotatable bonds is 4.